The molecule has 2 rings (SSSR count). The Hall–Kier alpha value is -1.06. The van der Waals surface area contributed by atoms with E-state index in [9.17, 15) is 4.79 Å². The lowest BCUT2D eigenvalue weighted by Gasteiger charge is -1.94. The first-order valence-electron chi connectivity index (χ1n) is 4.02. The number of fused-ring (bicyclic) bond motifs is 1. The van der Waals surface area contributed by atoms with Crippen molar-refractivity contribution in [3.05, 3.63) is 33.7 Å². The summed E-state index contributed by atoms with van der Waals surface area (Å²) >= 11 is 7.20. The summed E-state index contributed by atoms with van der Waals surface area (Å²) in [5, 5.41) is 10.1. The molecule has 0 aliphatic heterocycles. The Morgan fingerprint density at radius 2 is 2.21 bits per heavy atom. The summed E-state index contributed by atoms with van der Waals surface area (Å²) in [7, 11) is 0. The highest BCUT2D eigenvalue weighted by molar-refractivity contribution is 7.21. The fourth-order valence-corrected chi connectivity index (χ4v) is 2.93. The molecular weight excluding hydrogens is 220 g/mol. The van der Waals surface area contributed by atoms with Gasteiger partial charge in [0.05, 0.1) is 5.02 Å². The SMILES string of the molecule is Cc1cccc2sc(C(=O)O)c(Cl)c12. The Kier molecular flexibility index (Phi) is 2.21. The molecule has 0 saturated heterocycles. The number of carboxylic acid groups (broad SMARTS) is 1. The highest BCUT2D eigenvalue weighted by Gasteiger charge is 2.16. The maximum atomic E-state index is 10.8. The summed E-state index contributed by atoms with van der Waals surface area (Å²) in [4.78, 5) is 11.0. The van der Waals surface area contributed by atoms with Crippen molar-refractivity contribution in [3.8, 4) is 0 Å². The van der Waals surface area contributed by atoms with E-state index in [0.29, 0.717) is 5.02 Å². The van der Waals surface area contributed by atoms with Gasteiger partial charge in [0.1, 0.15) is 4.88 Å². The first-order chi connectivity index (χ1) is 6.61. The van der Waals surface area contributed by atoms with E-state index in [1.807, 2.05) is 25.1 Å². The molecule has 0 saturated carbocycles. The molecule has 1 N–H and O–H groups in total. The lowest BCUT2D eigenvalue weighted by atomic mass is 10.1. The van der Waals surface area contributed by atoms with Gasteiger partial charge in [0.25, 0.3) is 0 Å². The summed E-state index contributed by atoms with van der Waals surface area (Å²) in [6.07, 6.45) is 0. The second-order valence-corrected chi connectivity index (χ2v) is 4.43. The molecule has 1 heterocycles. The summed E-state index contributed by atoms with van der Waals surface area (Å²) in [6.45, 7) is 1.92. The van der Waals surface area contributed by atoms with Crippen LogP contribution in [0.15, 0.2) is 18.2 Å². The zero-order valence-electron chi connectivity index (χ0n) is 7.37. The van der Waals surface area contributed by atoms with E-state index in [-0.39, 0.29) is 4.88 Å². The molecule has 1 aromatic heterocycles. The Balaban J connectivity index is 2.87. The zero-order chi connectivity index (χ0) is 10.3. The van der Waals surface area contributed by atoms with Gasteiger partial charge in [-0.2, -0.15) is 0 Å². The molecule has 0 spiro atoms. The predicted octanol–water partition coefficient (Wildman–Crippen LogP) is 3.56. The average Bonchev–Trinajstić information content (AvgIpc) is 2.45. The number of aromatic carboxylic acids is 1. The molecule has 0 radical (unpaired) electrons. The van der Waals surface area contributed by atoms with Crippen molar-refractivity contribution in [2.24, 2.45) is 0 Å². The molecule has 14 heavy (non-hydrogen) atoms. The Labute approximate surface area is 89.7 Å². The van der Waals surface area contributed by atoms with Crippen LogP contribution < -0.4 is 0 Å². The smallest absolute Gasteiger partial charge is 0.347 e. The number of benzene rings is 1. The monoisotopic (exact) mass is 226 g/mol. The fourth-order valence-electron chi connectivity index (χ4n) is 1.41. The second kappa shape index (κ2) is 3.26. The highest BCUT2D eigenvalue weighted by atomic mass is 35.5. The van der Waals surface area contributed by atoms with Crippen molar-refractivity contribution in [3.63, 3.8) is 0 Å². The average molecular weight is 227 g/mol. The summed E-state index contributed by atoms with van der Waals surface area (Å²) in [5.74, 6) is -0.962. The van der Waals surface area contributed by atoms with Crippen LogP contribution >= 0.6 is 22.9 Å². The number of thiophene rings is 1. The van der Waals surface area contributed by atoms with Gasteiger partial charge in [-0.25, -0.2) is 4.79 Å². The van der Waals surface area contributed by atoms with Gasteiger partial charge in [0.15, 0.2) is 0 Å². The molecule has 0 amide bonds. The van der Waals surface area contributed by atoms with Gasteiger partial charge >= 0.3 is 5.97 Å². The van der Waals surface area contributed by atoms with Gasteiger partial charge in [-0.05, 0) is 18.6 Å². The van der Waals surface area contributed by atoms with Crippen molar-refractivity contribution in [2.75, 3.05) is 0 Å². The van der Waals surface area contributed by atoms with Crippen LogP contribution in [-0.2, 0) is 0 Å². The van der Waals surface area contributed by atoms with Crippen LogP contribution in [-0.4, -0.2) is 11.1 Å². The van der Waals surface area contributed by atoms with Crippen molar-refractivity contribution in [1.82, 2.24) is 0 Å². The molecule has 0 unspecified atom stereocenters. The maximum Gasteiger partial charge on any atom is 0.347 e. The molecule has 0 atom stereocenters. The number of rotatable bonds is 1. The first kappa shape index (κ1) is 9.49. The fraction of sp³-hybridized carbons (Fsp3) is 0.100. The number of hydrogen-bond donors (Lipinski definition) is 1. The van der Waals surface area contributed by atoms with Gasteiger partial charge in [-0.3, -0.25) is 0 Å². The van der Waals surface area contributed by atoms with E-state index in [4.69, 9.17) is 16.7 Å². The topological polar surface area (TPSA) is 37.3 Å². The van der Waals surface area contributed by atoms with Crippen molar-refractivity contribution in [2.45, 2.75) is 6.92 Å². The van der Waals surface area contributed by atoms with Crippen LogP contribution in [0.25, 0.3) is 10.1 Å². The van der Waals surface area contributed by atoms with Crippen LogP contribution in [0, 0.1) is 6.92 Å². The number of carboxylic acids is 1. The molecule has 2 aromatic rings. The Morgan fingerprint density at radius 3 is 2.79 bits per heavy atom. The van der Waals surface area contributed by atoms with E-state index in [1.54, 1.807) is 0 Å². The molecule has 0 bridgehead atoms. The molecule has 4 heteroatoms. The molecule has 0 aliphatic rings. The summed E-state index contributed by atoms with van der Waals surface area (Å²) in [6, 6.07) is 5.70. The van der Waals surface area contributed by atoms with Crippen LogP contribution in [0.2, 0.25) is 5.02 Å². The van der Waals surface area contributed by atoms with Crippen LogP contribution in [0.1, 0.15) is 15.2 Å². The maximum absolute atomic E-state index is 10.8. The normalized spacial score (nSPS) is 10.7. The predicted molar refractivity (Wildman–Crippen MR) is 58.5 cm³/mol. The standard InChI is InChI=1S/C10H7ClO2S/c1-5-3-2-4-6-7(5)8(11)9(14-6)10(12)13/h2-4H,1H3,(H,12,13). The molecule has 2 nitrogen and oxygen atoms in total. The van der Waals surface area contributed by atoms with Gasteiger partial charge in [0.2, 0.25) is 0 Å². The second-order valence-electron chi connectivity index (χ2n) is 3.00. The minimum Gasteiger partial charge on any atom is -0.477 e. The third-order valence-electron chi connectivity index (χ3n) is 2.06. The number of hydrogen-bond acceptors (Lipinski definition) is 2. The van der Waals surface area contributed by atoms with Crippen molar-refractivity contribution < 1.29 is 9.90 Å². The molecule has 0 fully saturated rings. The lowest BCUT2D eigenvalue weighted by Crippen LogP contribution is -1.91. The van der Waals surface area contributed by atoms with E-state index < -0.39 is 5.97 Å². The third-order valence-corrected chi connectivity index (χ3v) is 3.69. The van der Waals surface area contributed by atoms with Gasteiger partial charge in [0, 0.05) is 10.1 Å². The van der Waals surface area contributed by atoms with Gasteiger partial charge in [-0.15, -0.1) is 11.3 Å². The molecule has 0 aliphatic carbocycles. The lowest BCUT2D eigenvalue weighted by molar-refractivity contribution is 0.0702. The summed E-state index contributed by atoms with van der Waals surface area (Å²) in [5.41, 5.74) is 1.01. The Morgan fingerprint density at radius 1 is 1.50 bits per heavy atom. The van der Waals surface area contributed by atoms with Gasteiger partial charge < -0.3 is 5.11 Å². The number of carbonyl (C=O) groups is 1. The largest absolute Gasteiger partial charge is 0.477 e. The van der Waals surface area contributed by atoms with E-state index >= 15 is 0 Å². The van der Waals surface area contributed by atoms with Crippen LogP contribution in [0.5, 0.6) is 0 Å². The quantitative estimate of drug-likeness (QED) is 0.807. The van der Waals surface area contributed by atoms with E-state index in [1.165, 1.54) is 11.3 Å². The number of halogens is 1. The van der Waals surface area contributed by atoms with Crippen molar-refractivity contribution in [1.29, 1.82) is 0 Å². The highest BCUT2D eigenvalue weighted by Crippen LogP contribution is 2.36. The molecule has 72 valence electrons. The van der Waals surface area contributed by atoms with Gasteiger partial charge in [-0.1, -0.05) is 23.7 Å². The summed E-state index contributed by atoms with van der Waals surface area (Å²) < 4.78 is 0.924. The van der Waals surface area contributed by atoms with E-state index in [2.05, 4.69) is 0 Å². The molecule has 1 aromatic carbocycles. The first-order valence-corrected chi connectivity index (χ1v) is 5.21. The minimum absolute atomic E-state index is 0.218. The minimum atomic E-state index is -0.962. The number of aryl methyl sites for hydroxylation is 1. The van der Waals surface area contributed by atoms with Crippen molar-refractivity contribution >= 4 is 39.0 Å². The van der Waals surface area contributed by atoms with Crippen LogP contribution in [0.4, 0.5) is 0 Å². The Bertz CT molecular complexity index is 516. The van der Waals surface area contributed by atoms with Crippen LogP contribution in [0.3, 0.4) is 0 Å². The zero-order valence-corrected chi connectivity index (χ0v) is 8.95. The van der Waals surface area contributed by atoms with E-state index in [0.717, 1.165) is 15.6 Å². The third kappa shape index (κ3) is 1.29. The molecular formula is C10H7ClO2S.